The Morgan fingerprint density at radius 3 is 2.35 bits per heavy atom. The maximum Gasteiger partial charge on any atom is 0.414 e. The Kier molecular flexibility index (Phi) is 8.23. The average Bonchev–Trinajstić information content (AvgIpc) is 2.57. The number of carbonyl (C=O) groups excluding carboxylic acids is 1. The van der Waals surface area contributed by atoms with E-state index in [1.54, 1.807) is 20.8 Å². The number of nitrogens with one attached hydrogen (secondary N) is 1. The zero-order chi connectivity index (χ0) is 24.2. The van der Waals surface area contributed by atoms with Crippen molar-refractivity contribution in [3.8, 4) is 0 Å². The number of alkyl carbamates (subject to hydrolysis) is 1. The smallest absolute Gasteiger partial charge is 0.414 e. The Bertz CT molecular complexity index is 921. The van der Waals surface area contributed by atoms with Crippen LogP contribution < -0.4 is 11.1 Å². The molecule has 9 nitrogen and oxygen atoms in total. The molecule has 31 heavy (non-hydrogen) atoms. The number of nitrogens with two attached hydrogens (primary N) is 1. The van der Waals surface area contributed by atoms with Crippen molar-refractivity contribution in [1.82, 2.24) is 14.6 Å². The average molecular weight is 470 g/mol. The number of ether oxygens (including phenoxy) is 1. The molecule has 1 amide bonds. The highest BCUT2D eigenvalue weighted by Crippen LogP contribution is 2.27. The fourth-order valence-electron chi connectivity index (χ4n) is 2.10. The molecular weight excluding hydrogens is 444 g/mol. The van der Waals surface area contributed by atoms with E-state index < -0.39 is 52.5 Å². The third kappa shape index (κ3) is 8.94. The Morgan fingerprint density at radius 2 is 1.84 bits per heavy atom. The van der Waals surface area contributed by atoms with Crippen LogP contribution in [0.1, 0.15) is 40.3 Å². The van der Waals surface area contributed by atoms with Gasteiger partial charge in [-0.2, -0.15) is 13.2 Å². The van der Waals surface area contributed by atoms with Gasteiger partial charge in [-0.1, -0.05) is 0 Å². The van der Waals surface area contributed by atoms with Crippen molar-refractivity contribution in [1.29, 1.82) is 0 Å². The third-order valence-corrected chi connectivity index (χ3v) is 4.47. The van der Waals surface area contributed by atoms with Gasteiger partial charge in [0.15, 0.2) is 0 Å². The molecule has 0 aromatic carbocycles. The highest BCUT2D eigenvalue weighted by atomic mass is 32.2. The van der Waals surface area contributed by atoms with E-state index in [9.17, 15) is 26.6 Å². The number of rotatable bonds is 4. The molecule has 0 bridgehead atoms. The second-order valence-electron chi connectivity index (χ2n) is 7.88. The molecule has 0 aliphatic carbocycles. The van der Waals surface area contributed by atoms with Crippen LogP contribution in [0.5, 0.6) is 0 Å². The lowest BCUT2D eigenvalue weighted by Gasteiger charge is -2.26. The van der Waals surface area contributed by atoms with Crippen LogP contribution in [0, 0.1) is 5.82 Å². The van der Waals surface area contributed by atoms with Crippen molar-refractivity contribution in [2.75, 3.05) is 19.3 Å². The Balaban J connectivity index is 3.42. The number of aliphatic imine (C=N–C) groups is 1. The maximum atomic E-state index is 14.3. The number of aromatic nitrogens is 1. The number of alkyl halides is 3. The first kappa shape index (κ1) is 26.4. The minimum atomic E-state index is -4.67. The SMILES string of the molecule is CN(/C(=N\C(C)(C)c1nc(N)ccc1F)NC(=O)OC(C)(C)C)/[SH](=O)=N\CC(F)(F)F. The number of nitrogens with zero attached hydrogens (tertiary/aromatic N) is 4. The van der Waals surface area contributed by atoms with Gasteiger partial charge in [-0.3, -0.25) is 9.62 Å². The van der Waals surface area contributed by atoms with E-state index >= 15 is 0 Å². The van der Waals surface area contributed by atoms with Gasteiger partial charge in [0.2, 0.25) is 5.96 Å². The Hall–Kier alpha value is -2.64. The number of anilines is 1. The first-order valence-corrected chi connectivity index (χ1v) is 10.1. The molecule has 1 aromatic heterocycles. The first-order chi connectivity index (χ1) is 13.9. The molecule has 1 rings (SSSR count). The van der Waals surface area contributed by atoms with Crippen LogP contribution in [0.2, 0.25) is 0 Å². The van der Waals surface area contributed by atoms with Crippen LogP contribution in [-0.2, 0) is 21.1 Å². The molecule has 1 unspecified atom stereocenters. The van der Waals surface area contributed by atoms with Gasteiger partial charge in [0.05, 0.1) is 0 Å². The quantitative estimate of drug-likeness (QED) is 0.270. The number of hydrogen-bond acceptors (Lipinski definition) is 7. The Labute approximate surface area is 179 Å². The molecule has 14 heteroatoms. The number of nitrogen functional groups attached to an aromatic ring is 1. The van der Waals surface area contributed by atoms with Gasteiger partial charge in [0, 0.05) is 7.05 Å². The lowest BCUT2D eigenvalue weighted by molar-refractivity contribution is -0.117. The van der Waals surface area contributed by atoms with E-state index in [4.69, 9.17) is 10.5 Å². The van der Waals surface area contributed by atoms with E-state index in [0.717, 1.165) is 17.4 Å². The molecular formula is C17H26F4N6O3S. The predicted molar refractivity (Wildman–Crippen MR) is 109 cm³/mol. The van der Waals surface area contributed by atoms with Gasteiger partial charge in [0.1, 0.15) is 45.8 Å². The van der Waals surface area contributed by atoms with E-state index in [1.165, 1.54) is 19.9 Å². The number of thiol groups is 1. The lowest BCUT2D eigenvalue weighted by Crippen LogP contribution is -2.45. The third-order valence-electron chi connectivity index (χ3n) is 3.38. The number of halogens is 4. The predicted octanol–water partition coefficient (Wildman–Crippen LogP) is 2.99. The van der Waals surface area contributed by atoms with E-state index in [0.29, 0.717) is 0 Å². The normalized spacial score (nSPS) is 14.3. The van der Waals surface area contributed by atoms with Crippen LogP contribution in [0.15, 0.2) is 21.5 Å². The van der Waals surface area contributed by atoms with Gasteiger partial charge in [-0.25, -0.2) is 27.7 Å². The monoisotopic (exact) mass is 470 g/mol. The summed E-state index contributed by atoms with van der Waals surface area (Å²) in [6, 6.07) is 2.30. The van der Waals surface area contributed by atoms with E-state index in [-0.39, 0.29) is 11.5 Å². The number of pyridine rings is 1. The molecule has 0 radical (unpaired) electrons. The van der Waals surface area contributed by atoms with Crippen LogP contribution in [0.25, 0.3) is 0 Å². The summed E-state index contributed by atoms with van der Waals surface area (Å²) in [4.78, 5) is 20.3. The van der Waals surface area contributed by atoms with Crippen molar-refractivity contribution >= 4 is 28.7 Å². The lowest BCUT2D eigenvalue weighted by atomic mass is 10.0. The fraction of sp³-hybridized carbons (Fsp3) is 0.588. The van der Waals surface area contributed by atoms with E-state index in [1.807, 2.05) is 0 Å². The van der Waals surface area contributed by atoms with E-state index in [2.05, 4.69) is 19.7 Å². The molecule has 3 N–H and O–H groups in total. The molecule has 176 valence electrons. The van der Waals surface area contributed by atoms with Gasteiger partial charge in [0.25, 0.3) is 0 Å². The molecule has 1 atom stereocenters. The van der Waals surface area contributed by atoms with Crippen molar-refractivity contribution in [2.24, 2.45) is 9.36 Å². The maximum absolute atomic E-state index is 14.3. The number of hydrogen-bond donors (Lipinski definition) is 3. The van der Waals surface area contributed by atoms with Crippen LogP contribution in [-0.4, -0.2) is 50.9 Å². The van der Waals surface area contributed by atoms with Crippen molar-refractivity contribution in [3.63, 3.8) is 0 Å². The largest absolute Gasteiger partial charge is 0.444 e. The molecule has 0 aliphatic rings. The summed E-state index contributed by atoms with van der Waals surface area (Å²) in [7, 11) is -1.89. The summed E-state index contributed by atoms with van der Waals surface area (Å²) >= 11 is 0. The molecule has 0 aliphatic heterocycles. The second-order valence-corrected chi connectivity index (χ2v) is 9.27. The summed E-state index contributed by atoms with van der Waals surface area (Å²) < 4.78 is 72.7. The highest BCUT2D eigenvalue weighted by molar-refractivity contribution is 7.73. The summed E-state index contributed by atoms with van der Waals surface area (Å²) in [5.41, 5.74) is 3.01. The van der Waals surface area contributed by atoms with Crippen molar-refractivity contribution in [3.05, 3.63) is 23.6 Å². The zero-order valence-corrected chi connectivity index (χ0v) is 18.8. The van der Waals surface area contributed by atoms with Gasteiger partial charge in [-0.05, 0) is 46.8 Å². The van der Waals surface area contributed by atoms with Crippen LogP contribution >= 0.6 is 0 Å². The molecule has 1 heterocycles. The van der Waals surface area contributed by atoms with Crippen LogP contribution in [0.3, 0.4) is 0 Å². The van der Waals surface area contributed by atoms with Crippen molar-refractivity contribution < 1.29 is 31.3 Å². The van der Waals surface area contributed by atoms with Gasteiger partial charge in [-0.15, -0.1) is 0 Å². The topological polar surface area (TPSA) is 122 Å². The summed E-state index contributed by atoms with van der Waals surface area (Å²) in [6.07, 6.45) is -5.69. The zero-order valence-electron chi connectivity index (χ0n) is 17.9. The second kappa shape index (κ2) is 9.66. The molecule has 0 saturated heterocycles. The highest BCUT2D eigenvalue weighted by Gasteiger charge is 2.30. The van der Waals surface area contributed by atoms with Crippen molar-refractivity contribution in [2.45, 2.75) is 51.9 Å². The number of guanidine groups is 1. The summed E-state index contributed by atoms with van der Waals surface area (Å²) in [6.45, 7) is 5.93. The first-order valence-electron chi connectivity index (χ1n) is 8.89. The molecule has 0 saturated carbocycles. The minimum absolute atomic E-state index is 0.000865. The number of amides is 1. The molecule has 0 spiro atoms. The minimum Gasteiger partial charge on any atom is -0.444 e. The summed E-state index contributed by atoms with van der Waals surface area (Å²) in [5.74, 6) is -1.22. The van der Waals surface area contributed by atoms with Gasteiger partial charge >= 0.3 is 12.3 Å². The molecule has 1 aromatic rings. The Morgan fingerprint density at radius 1 is 1.26 bits per heavy atom. The number of carbonyl (C=O) groups is 1. The molecule has 0 fully saturated rings. The standard InChI is InChI=1S/C17H26F4N6O3S/c1-15(2,3)30-14(28)25-13(27(6)31(29)23-9-17(19,20)21)26-16(4,5)12-10(18)7-8-11(22)24-12/h7-8,31H,9H2,1-6H3,(H2,22,24)(H,25,26,28). The van der Waals surface area contributed by atoms with Crippen LogP contribution in [0.4, 0.5) is 28.2 Å². The fourth-order valence-corrected chi connectivity index (χ4v) is 2.82. The van der Waals surface area contributed by atoms with Gasteiger partial charge < -0.3 is 10.5 Å². The summed E-state index contributed by atoms with van der Waals surface area (Å²) in [5, 5.41) is 2.22.